The molecule has 6 nitrogen and oxygen atoms in total. The quantitative estimate of drug-likeness (QED) is 0.730. The van der Waals surface area contributed by atoms with Crippen molar-refractivity contribution in [2.75, 3.05) is 11.5 Å². The molecular weight excluding hydrogens is 373 g/mol. The van der Waals surface area contributed by atoms with Crippen molar-refractivity contribution in [2.45, 2.75) is 25.7 Å². The van der Waals surface area contributed by atoms with Crippen LogP contribution >= 0.6 is 11.6 Å². The Bertz CT molecular complexity index is 797. The normalized spacial score (nSPS) is 12.5. The first-order chi connectivity index (χ1) is 12.1. The second kappa shape index (κ2) is 7.69. The minimum Gasteiger partial charge on any atom is -0.481 e. The average Bonchev–Trinajstić information content (AvgIpc) is 2.56. The maximum Gasteiger partial charge on any atom is 0.425 e. The Morgan fingerprint density at radius 2 is 1.88 bits per heavy atom. The molecule has 0 aliphatic carbocycles. The molecule has 0 unspecified atom stereocenters. The van der Waals surface area contributed by atoms with Crippen LogP contribution in [0.5, 0.6) is 5.75 Å². The smallest absolute Gasteiger partial charge is 0.425 e. The number of carbonyl (C=O) groups is 1. The number of anilines is 2. The Balaban J connectivity index is 1.98. The third kappa shape index (κ3) is 4.92. The molecule has 1 heterocycles. The standard InChI is InChI=1S/C16H16ClF3N4O2/c1-8(16(18,19)20)26-10-4-2-9(3-5-10)7-23-15(25)11-6-12(17)14(22)24-13(11)21/h2-6,8H,7H2,1H3,(H,23,25)(H4,21,22,24)/t8-/m1/s1. The van der Waals surface area contributed by atoms with Crippen LogP contribution in [-0.4, -0.2) is 23.2 Å². The van der Waals surface area contributed by atoms with Gasteiger partial charge in [0.1, 0.15) is 17.4 Å². The molecule has 1 aromatic carbocycles. The highest BCUT2D eigenvalue weighted by atomic mass is 35.5. The van der Waals surface area contributed by atoms with Gasteiger partial charge in [0.2, 0.25) is 0 Å². The van der Waals surface area contributed by atoms with E-state index < -0.39 is 18.2 Å². The predicted molar refractivity (Wildman–Crippen MR) is 91.8 cm³/mol. The van der Waals surface area contributed by atoms with E-state index in [1.165, 1.54) is 30.3 Å². The highest BCUT2D eigenvalue weighted by Gasteiger charge is 2.37. The van der Waals surface area contributed by atoms with Crippen molar-refractivity contribution in [1.29, 1.82) is 0 Å². The van der Waals surface area contributed by atoms with Gasteiger partial charge in [-0.3, -0.25) is 4.79 Å². The first-order valence-corrected chi connectivity index (χ1v) is 7.77. The minimum absolute atomic E-state index is 0.0180. The van der Waals surface area contributed by atoms with Gasteiger partial charge in [-0.15, -0.1) is 0 Å². The van der Waals surface area contributed by atoms with Crippen LogP contribution in [0.4, 0.5) is 24.8 Å². The molecule has 0 radical (unpaired) electrons. The van der Waals surface area contributed by atoms with E-state index in [1.54, 1.807) is 0 Å². The number of nitrogens with zero attached hydrogens (tertiary/aromatic N) is 1. The van der Waals surface area contributed by atoms with Crippen LogP contribution in [0.2, 0.25) is 5.02 Å². The molecule has 1 amide bonds. The van der Waals surface area contributed by atoms with Gasteiger partial charge in [0, 0.05) is 6.54 Å². The van der Waals surface area contributed by atoms with Crippen LogP contribution in [0.1, 0.15) is 22.8 Å². The number of nitrogen functional groups attached to an aromatic ring is 2. The summed E-state index contributed by atoms with van der Waals surface area (Å²) in [6, 6.07) is 7.16. The molecule has 10 heteroatoms. The van der Waals surface area contributed by atoms with Crippen molar-refractivity contribution >= 4 is 29.1 Å². The van der Waals surface area contributed by atoms with Gasteiger partial charge in [0.25, 0.3) is 5.91 Å². The predicted octanol–water partition coefficient (Wildman–Crippen LogP) is 3.16. The number of halogens is 4. The summed E-state index contributed by atoms with van der Waals surface area (Å²) in [5, 5.41) is 2.71. The molecule has 26 heavy (non-hydrogen) atoms. The monoisotopic (exact) mass is 388 g/mol. The summed E-state index contributed by atoms with van der Waals surface area (Å²) >= 11 is 5.82. The van der Waals surface area contributed by atoms with E-state index in [2.05, 4.69) is 10.3 Å². The van der Waals surface area contributed by atoms with Gasteiger partial charge in [0.05, 0.1) is 10.6 Å². The van der Waals surface area contributed by atoms with Gasteiger partial charge in [-0.05, 0) is 30.7 Å². The summed E-state index contributed by atoms with van der Waals surface area (Å²) in [4.78, 5) is 15.9. The van der Waals surface area contributed by atoms with Crippen LogP contribution in [0, 0.1) is 0 Å². The summed E-state index contributed by atoms with van der Waals surface area (Å²) < 4.78 is 42.2. The van der Waals surface area contributed by atoms with Crippen molar-refractivity contribution in [3.63, 3.8) is 0 Å². The first-order valence-electron chi connectivity index (χ1n) is 7.40. The molecule has 0 saturated carbocycles. The van der Waals surface area contributed by atoms with Crippen LogP contribution in [0.25, 0.3) is 0 Å². The van der Waals surface area contributed by atoms with Crippen molar-refractivity contribution < 1.29 is 22.7 Å². The molecule has 1 aromatic heterocycles. The van der Waals surface area contributed by atoms with E-state index in [0.29, 0.717) is 5.56 Å². The number of nitrogens with two attached hydrogens (primary N) is 2. The maximum atomic E-state index is 12.5. The minimum atomic E-state index is -4.44. The topological polar surface area (TPSA) is 103 Å². The number of hydrogen-bond acceptors (Lipinski definition) is 5. The number of rotatable bonds is 5. The number of carbonyl (C=O) groups excluding carboxylic acids is 1. The van der Waals surface area contributed by atoms with E-state index in [1.807, 2.05) is 0 Å². The van der Waals surface area contributed by atoms with Crippen molar-refractivity contribution in [3.05, 3.63) is 46.5 Å². The zero-order chi connectivity index (χ0) is 19.5. The molecule has 140 valence electrons. The zero-order valence-electron chi connectivity index (χ0n) is 13.6. The second-order valence-corrected chi connectivity index (χ2v) is 5.82. The van der Waals surface area contributed by atoms with Gasteiger partial charge in [-0.1, -0.05) is 23.7 Å². The fraction of sp³-hybridized carbons (Fsp3) is 0.250. The number of hydrogen-bond donors (Lipinski definition) is 3. The molecule has 2 rings (SSSR count). The molecule has 2 aromatic rings. The maximum absolute atomic E-state index is 12.5. The van der Waals surface area contributed by atoms with Crippen LogP contribution < -0.4 is 21.5 Å². The largest absolute Gasteiger partial charge is 0.481 e. The molecule has 0 aliphatic heterocycles. The Labute approximate surface area is 152 Å². The molecule has 5 N–H and O–H groups in total. The number of aromatic nitrogens is 1. The third-order valence-electron chi connectivity index (χ3n) is 3.43. The number of pyridine rings is 1. The van der Waals surface area contributed by atoms with E-state index >= 15 is 0 Å². The Kier molecular flexibility index (Phi) is 5.81. The number of benzene rings is 1. The highest BCUT2D eigenvalue weighted by molar-refractivity contribution is 6.33. The second-order valence-electron chi connectivity index (χ2n) is 5.42. The Hall–Kier alpha value is -2.68. The molecule has 0 fully saturated rings. The van der Waals surface area contributed by atoms with Crippen molar-refractivity contribution in [1.82, 2.24) is 10.3 Å². The van der Waals surface area contributed by atoms with Gasteiger partial charge in [-0.2, -0.15) is 13.2 Å². The third-order valence-corrected chi connectivity index (χ3v) is 3.73. The van der Waals surface area contributed by atoms with Crippen LogP contribution in [0.3, 0.4) is 0 Å². The van der Waals surface area contributed by atoms with Crippen molar-refractivity contribution in [2.24, 2.45) is 0 Å². The van der Waals surface area contributed by atoms with Crippen LogP contribution in [-0.2, 0) is 6.54 Å². The summed E-state index contributed by atoms with van der Waals surface area (Å²) in [6.07, 6.45) is -6.36. The molecular formula is C16H16ClF3N4O2. The van der Waals surface area contributed by atoms with Crippen LogP contribution in [0.15, 0.2) is 30.3 Å². The lowest BCUT2D eigenvalue weighted by molar-refractivity contribution is -0.189. The van der Waals surface area contributed by atoms with E-state index in [9.17, 15) is 18.0 Å². The van der Waals surface area contributed by atoms with Gasteiger partial charge in [-0.25, -0.2) is 4.98 Å². The fourth-order valence-corrected chi connectivity index (χ4v) is 2.09. The highest BCUT2D eigenvalue weighted by Crippen LogP contribution is 2.25. The molecule has 0 saturated heterocycles. The zero-order valence-corrected chi connectivity index (χ0v) is 14.4. The van der Waals surface area contributed by atoms with Gasteiger partial charge < -0.3 is 21.5 Å². The average molecular weight is 389 g/mol. The molecule has 0 bridgehead atoms. The fourth-order valence-electron chi connectivity index (χ4n) is 1.93. The van der Waals surface area contributed by atoms with Crippen molar-refractivity contribution in [3.8, 4) is 5.75 Å². The van der Waals surface area contributed by atoms with E-state index in [4.69, 9.17) is 27.8 Å². The summed E-state index contributed by atoms with van der Waals surface area (Å²) in [6.45, 7) is 1.04. The number of ether oxygens (including phenoxy) is 1. The number of alkyl halides is 3. The summed E-state index contributed by atoms with van der Waals surface area (Å²) in [5.74, 6) is -0.481. The Morgan fingerprint density at radius 3 is 2.46 bits per heavy atom. The number of amides is 1. The lowest BCUT2D eigenvalue weighted by Crippen LogP contribution is -2.31. The van der Waals surface area contributed by atoms with Gasteiger partial charge in [0.15, 0.2) is 6.10 Å². The lowest BCUT2D eigenvalue weighted by atomic mass is 10.2. The van der Waals surface area contributed by atoms with E-state index in [0.717, 1.165) is 6.92 Å². The van der Waals surface area contributed by atoms with Gasteiger partial charge >= 0.3 is 6.18 Å². The summed E-state index contributed by atoms with van der Waals surface area (Å²) in [5.41, 5.74) is 11.9. The lowest BCUT2D eigenvalue weighted by Gasteiger charge is -2.17. The molecule has 0 aliphatic rings. The first kappa shape index (κ1) is 19.6. The molecule has 1 atom stereocenters. The summed E-state index contributed by atoms with van der Waals surface area (Å²) in [7, 11) is 0. The molecule has 0 spiro atoms. The Morgan fingerprint density at radius 1 is 1.27 bits per heavy atom. The SMILES string of the molecule is C[C@@H](Oc1ccc(CNC(=O)c2cc(Cl)c(N)nc2N)cc1)C(F)(F)F. The number of nitrogens with one attached hydrogen (secondary N) is 1. The van der Waals surface area contributed by atoms with E-state index in [-0.39, 0.29) is 34.5 Å².